The molecule has 2 nitrogen and oxygen atoms in total. The van der Waals surface area contributed by atoms with Gasteiger partial charge in [0, 0.05) is 17.1 Å². The summed E-state index contributed by atoms with van der Waals surface area (Å²) in [6.07, 6.45) is 5.57. The Morgan fingerprint density at radius 2 is 1.88 bits per heavy atom. The van der Waals surface area contributed by atoms with Gasteiger partial charge in [-0.1, -0.05) is 12.1 Å². The van der Waals surface area contributed by atoms with Gasteiger partial charge in [0.2, 0.25) is 0 Å². The van der Waals surface area contributed by atoms with Crippen LogP contribution < -0.4 is 5.73 Å². The summed E-state index contributed by atoms with van der Waals surface area (Å²) in [6.45, 7) is 5.13. The second kappa shape index (κ2) is 4.71. The van der Waals surface area contributed by atoms with Gasteiger partial charge < -0.3 is 10.7 Å². The lowest BCUT2D eigenvalue weighted by Crippen LogP contribution is -1.98. The second-order valence-corrected chi connectivity index (χ2v) is 4.51. The number of rotatable bonds is 4. The number of aryl methyl sites for hydroxylation is 3. The monoisotopic (exact) mass is 216 g/mol. The standard InChI is InChI=1S/C14H20N2/c1-10-6-7-11(2)14-13(10)12(9-16-14)5-3-4-8-15/h6-7,9,16H,3-5,8,15H2,1-2H3. The Bertz CT molecular complexity index is 483. The summed E-state index contributed by atoms with van der Waals surface area (Å²) in [4.78, 5) is 3.39. The first kappa shape index (κ1) is 11.2. The molecule has 16 heavy (non-hydrogen) atoms. The molecule has 0 radical (unpaired) electrons. The van der Waals surface area contributed by atoms with Gasteiger partial charge in [0.1, 0.15) is 0 Å². The maximum atomic E-state index is 5.53. The number of nitrogens with two attached hydrogens (primary N) is 1. The predicted molar refractivity (Wildman–Crippen MR) is 69.8 cm³/mol. The van der Waals surface area contributed by atoms with Crippen molar-refractivity contribution < 1.29 is 0 Å². The van der Waals surface area contributed by atoms with Gasteiger partial charge in [-0.3, -0.25) is 0 Å². The molecular formula is C14H20N2. The van der Waals surface area contributed by atoms with Crippen molar-refractivity contribution >= 4 is 10.9 Å². The maximum Gasteiger partial charge on any atom is 0.0489 e. The van der Waals surface area contributed by atoms with E-state index in [1.807, 2.05) is 0 Å². The largest absolute Gasteiger partial charge is 0.361 e. The number of unbranched alkanes of at least 4 members (excludes halogenated alkanes) is 1. The molecule has 0 spiro atoms. The van der Waals surface area contributed by atoms with Gasteiger partial charge in [-0.2, -0.15) is 0 Å². The minimum atomic E-state index is 0.792. The zero-order valence-corrected chi connectivity index (χ0v) is 10.1. The molecule has 1 heterocycles. The highest BCUT2D eigenvalue weighted by molar-refractivity contribution is 5.88. The van der Waals surface area contributed by atoms with Crippen molar-refractivity contribution in [1.29, 1.82) is 0 Å². The number of aromatic nitrogens is 1. The van der Waals surface area contributed by atoms with E-state index in [-0.39, 0.29) is 0 Å². The van der Waals surface area contributed by atoms with E-state index in [0.717, 1.165) is 19.4 Å². The summed E-state index contributed by atoms with van der Waals surface area (Å²) >= 11 is 0. The maximum absolute atomic E-state index is 5.53. The second-order valence-electron chi connectivity index (χ2n) is 4.51. The first-order chi connectivity index (χ1) is 7.74. The van der Waals surface area contributed by atoms with Crippen molar-refractivity contribution in [3.8, 4) is 0 Å². The van der Waals surface area contributed by atoms with Gasteiger partial charge in [-0.15, -0.1) is 0 Å². The highest BCUT2D eigenvalue weighted by Gasteiger charge is 2.07. The lowest BCUT2D eigenvalue weighted by Gasteiger charge is -2.03. The summed E-state index contributed by atoms with van der Waals surface area (Å²) in [7, 11) is 0. The fourth-order valence-corrected chi connectivity index (χ4v) is 2.30. The Morgan fingerprint density at radius 1 is 1.12 bits per heavy atom. The van der Waals surface area contributed by atoms with Gasteiger partial charge in [0.15, 0.2) is 0 Å². The van der Waals surface area contributed by atoms with Crippen LogP contribution in [0.25, 0.3) is 10.9 Å². The van der Waals surface area contributed by atoms with Crippen molar-refractivity contribution in [2.24, 2.45) is 5.73 Å². The van der Waals surface area contributed by atoms with Gasteiger partial charge in [-0.25, -0.2) is 0 Å². The molecule has 3 N–H and O–H groups in total. The van der Waals surface area contributed by atoms with E-state index in [0.29, 0.717) is 0 Å². The van der Waals surface area contributed by atoms with E-state index in [1.165, 1.54) is 34.0 Å². The molecule has 0 aliphatic heterocycles. The summed E-state index contributed by atoms with van der Waals surface area (Å²) in [5, 5.41) is 1.41. The number of hydrogen-bond acceptors (Lipinski definition) is 1. The van der Waals surface area contributed by atoms with E-state index < -0.39 is 0 Å². The number of fused-ring (bicyclic) bond motifs is 1. The van der Waals surface area contributed by atoms with Gasteiger partial charge in [-0.05, 0) is 56.3 Å². The fourth-order valence-electron chi connectivity index (χ4n) is 2.30. The molecule has 0 aliphatic carbocycles. The van der Waals surface area contributed by atoms with Crippen molar-refractivity contribution in [2.45, 2.75) is 33.1 Å². The van der Waals surface area contributed by atoms with Crippen molar-refractivity contribution in [1.82, 2.24) is 4.98 Å². The van der Waals surface area contributed by atoms with Crippen molar-refractivity contribution in [3.05, 3.63) is 35.0 Å². The molecular weight excluding hydrogens is 196 g/mol. The number of benzene rings is 1. The molecule has 0 unspecified atom stereocenters. The topological polar surface area (TPSA) is 41.8 Å². The Balaban J connectivity index is 2.36. The quantitative estimate of drug-likeness (QED) is 0.758. The molecule has 2 aromatic rings. The zero-order valence-electron chi connectivity index (χ0n) is 10.1. The molecule has 1 aromatic carbocycles. The van der Waals surface area contributed by atoms with Crippen LogP contribution in [0, 0.1) is 13.8 Å². The number of aromatic amines is 1. The van der Waals surface area contributed by atoms with Crippen LogP contribution in [0.15, 0.2) is 18.3 Å². The Labute approximate surface area is 96.9 Å². The van der Waals surface area contributed by atoms with E-state index >= 15 is 0 Å². The number of H-pyrrole nitrogens is 1. The molecule has 0 aliphatic rings. The lowest BCUT2D eigenvalue weighted by atomic mass is 10.0. The molecule has 0 fully saturated rings. The van der Waals surface area contributed by atoms with E-state index in [9.17, 15) is 0 Å². The Morgan fingerprint density at radius 3 is 2.62 bits per heavy atom. The smallest absolute Gasteiger partial charge is 0.0489 e. The third-order valence-corrected chi connectivity index (χ3v) is 3.23. The SMILES string of the molecule is Cc1ccc(C)c2c(CCCCN)c[nH]c12. The minimum absolute atomic E-state index is 0.792. The van der Waals surface area contributed by atoms with E-state index in [1.54, 1.807) is 0 Å². The van der Waals surface area contributed by atoms with Gasteiger partial charge in [0.05, 0.1) is 0 Å². The molecule has 0 saturated carbocycles. The average Bonchev–Trinajstić information content (AvgIpc) is 2.69. The average molecular weight is 216 g/mol. The third-order valence-electron chi connectivity index (χ3n) is 3.23. The normalized spacial score (nSPS) is 11.2. The predicted octanol–water partition coefficient (Wildman–Crippen LogP) is 3.07. The van der Waals surface area contributed by atoms with Gasteiger partial charge in [0.25, 0.3) is 0 Å². The van der Waals surface area contributed by atoms with Crippen LogP contribution in [0.1, 0.15) is 29.5 Å². The molecule has 0 atom stereocenters. The Hall–Kier alpha value is -1.28. The van der Waals surface area contributed by atoms with Crippen LogP contribution in [0.2, 0.25) is 0 Å². The summed E-state index contributed by atoms with van der Waals surface area (Å²) in [5.41, 5.74) is 10.9. The lowest BCUT2D eigenvalue weighted by molar-refractivity contribution is 0.747. The summed E-state index contributed by atoms with van der Waals surface area (Å²) in [6, 6.07) is 4.38. The van der Waals surface area contributed by atoms with Crippen LogP contribution in [-0.4, -0.2) is 11.5 Å². The Kier molecular flexibility index (Phi) is 3.30. The summed E-state index contributed by atoms with van der Waals surface area (Å²) in [5.74, 6) is 0. The highest BCUT2D eigenvalue weighted by Crippen LogP contribution is 2.26. The fraction of sp³-hybridized carbons (Fsp3) is 0.429. The van der Waals surface area contributed by atoms with Gasteiger partial charge >= 0.3 is 0 Å². The van der Waals surface area contributed by atoms with Crippen LogP contribution in [0.5, 0.6) is 0 Å². The highest BCUT2D eigenvalue weighted by atomic mass is 14.7. The molecule has 0 bridgehead atoms. The summed E-state index contributed by atoms with van der Waals surface area (Å²) < 4.78 is 0. The van der Waals surface area contributed by atoms with E-state index in [2.05, 4.69) is 37.2 Å². The first-order valence-electron chi connectivity index (χ1n) is 6.00. The number of hydrogen-bond donors (Lipinski definition) is 2. The number of nitrogens with one attached hydrogen (secondary N) is 1. The van der Waals surface area contributed by atoms with Crippen molar-refractivity contribution in [3.63, 3.8) is 0 Å². The zero-order chi connectivity index (χ0) is 11.5. The third kappa shape index (κ3) is 1.98. The van der Waals surface area contributed by atoms with Crippen LogP contribution in [0.3, 0.4) is 0 Å². The van der Waals surface area contributed by atoms with Crippen LogP contribution in [-0.2, 0) is 6.42 Å². The molecule has 0 amide bonds. The van der Waals surface area contributed by atoms with E-state index in [4.69, 9.17) is 5.73 Å². The first-order valence-corrected chi connectivity index (χ1v) is 6.00. The van der Waals surface area contributed by atoms with Crippen LogP contribution >= 0.6 is 0 Å². The molecule has 1 aromatic heterocycles. The minimum Gasteiger partial charge on any atom is -0.361 e. The van der Waals surface area contributed by atoms with Crippen molar-refractivity contribution in [2.75, 3.05) is 6.54 Å². The molecule has 0 saturated heterocycles. The molecule has 2 rings (SSSR count). The molecule has 2 heteroatoms. The molecule has 86 valence electrons. The van der Waals surface area contributed by atoms with Crippen LogP contribution in [0.4, 0.5) is 0 Å².